The van der Waals surface area contributed by atoms with E-state index < -0.39 is 10.0 Å². The number of piperazine rings is 1. The van der Waals surface area contributed by atoms with Crippen molar-refractivity contribution in [2.24, 2.45) is 0 Å². The Balaban J connectivity index is 1.37. The Morgan fingerprint density at radius 3 is 2.62 bits per heavy atom. The van der Waals surface area contributed by atoms with Crippen molar-refractivity contribution in [2.75, 3.05) is 26.2 Å². The van der Waals surface area contributed by atoms with Crippen molar-refractivity contribution in [3.05, 3.63) is 46.1 Å². The van der Waals surface area contributed by atoms with Crippen molar-refractivity contribution in [3.63, 3.8) is 0 Å². The maximum atomic E-state index is 12.7. The zero-order chi connectivity index (χ0) is 18.1. The van der Waals surface area contributed by atoms with E-state index in [0.717, 1.165) is 9.48 Å². The van der Waals surface area contributed by atoms with Crippen molar-refractivity contribution in [1.82, 2.24) is 14.4 Å². The molecule has 4 rings (SSSR count). The first kappa shape index (κ1) is 17.9. The smallest absolute Gasteiger partial charge is 0.252 e. The number of hydrogen-bond donors (Lipinski definition) is 0. The van der Waals surface area contributed by atoms with Crippen molar-refractivity contribution in [2.45, 2.75) is 10.8 Å². The van der Waals surface area contributed by atoms with E-state index in [1.54, 1.807) is 28.8 Å². The van der Waals surface area contributed by atoms with Crippen LogP contribution in [0.4, 0.5) is 0 Å². The Bertz CT molecular complexity index is 973. The molecular weight excluding hydrogens is 442 g/mol. The highest BCUT2D eigenvalue weighted by atomic mass is 79.9. The van der Waals surface area contributed by atoms with Gasteiger partial charge in [0.2, 0.25) is 5.76 Å². The molecule has 138 valence electrons. The number of aromatic nitrogens is 1. The molecule has 4 heterocycles. The molecule has 7 nitrogen and oxygen atoms in total. The average Bonchev–Trinajstić information content (AvgIpc) is 3.36. The highest BCUT2D eigenvalue weighted by molar-refractivity contribution is 9.11. The molecule has 0 bridgehead atoms. The van der Waals surface area contributed by atoms with Crippen LogP contribution in [0, 0.1) is 0 Å². The van der Waals surface area contributed by atoms with Crippen LogP contribution in [0.1, 0.15) is 5.69 Å². The molecular formula is C16H16BrN3O4S2. The van der Waals surface area contributed by atoms with Gasteiger partial charge >= 0.3 is 0 Å². The summed E-state index contributed by atoms with van der Waals surface area (Å²) in [5, 5.41) is 4.07. The minimum Gasteiger partial charge on any atom is -0.461 e. The summed E-state index contributed by atoms with van der Waals surface area (Å²) >= 11 is 4.55. The number of halogens is 1. The number of rotatable bonds is 5. The molecule has 0 aromatic carbocycles. The molecule has 0 atom stereocenters. The molecule has 1 saturated heterocycles. The van der Waals surface area contributed by atoms with Crippen LogP contribution in [0.25, 0.3) is 11.5 Å². The third-order valence-corrected chi connectivity index (χ3v) is 8.17. The molecule has 3 aromatic rings. The number of thiophene rings is 1. The summed E-state index contributed by atoms with van der Waals surface area (Å²) in [6.45, 7) is 2.83. The third-order valence-electron chi connectivity index (χ3n) is 4.18. The van der Waals surface area contributed by atoms with Crippen LogP contribution in [-0.4, -0.2) is 49.0 Å². The van der Waals surface area contributed by atoms with E-state index in [2.05, 4.69) is 26.0 Å². The second-order valence-electron chi connectivity index (χ2n) is 5.90. The Kier molecular flexibility index (Phi) is 5.02. The Morgan fingerprint density at radius 1 is 1.15 bits per heavy atom. The summed E-state index contributed by atoms with van der Waals surface area (Å²) < 4.78 is 38.6. The lowest BCUT2D eigenvalue weighted by Gasteiger charge is -2.33. The van der Waals surface area contributed by atoms with Crippen LogP contribution in [-0.2, 0) is 16.6 Å². The molecule has 0 amide bonds. The Labute approximate surface area is 163 Å². The van der Waals surface area contributed by atoms with Crippen LogP contribution < -0.4 is 0 Å². The monoisotopic (exact) mass is 457 g/mol. The molecule has 0 radical (unpaired) electrons. The molecule has 1 fully saturated rings. The molecule has 10 heteroatoms. The maximum Gasteiger partial charge on any atom is 0.252 e. The van der Waals surface area contributed by atoms with Crippen LogP contribution in [0.5, 0.6) is 0 Å². The summed E-state index contributed by atoms with van der Waals surface area (Å²) in [5.74, 6) is 1.23. The molecule has 0 unspecified atom stereocenters. The highest BCUT2D eigenvalue weighted by Crippen LogP contribution is 2.29. The lowest BCUT2D eigenvalue weighted by molar-refractivity contribution is 0.178. The summed E-state index contributed by atoms with van der Waals surface area (Å²) in [7, 11) is -3.41. The van der Waals surface area contributed by atoms with E-state index in [-0.39, 0.29) is 0 Å². The van der Waals surface area contributed by atoms with Crippen molar-refractivity contribution >= 4 is 37.3 Å². The average molecular weight is 458 g/mol. The number of sulfonamides is 1. The lowest BCUT2D eigenvalue weighted by Crippen LogP contribution is -2.48. The van der Waals surface area contributed by atoms with Gasteiger partial charge in [0.05, 0.1) is 15.7 Å². The fraction of sp³-hybridized carbons (Fsp3) is 0.312. The first-order valence-electron chi connectivity index (χ1n) is 8.00. The topological polar surface area (TPSA) is 79.8 Å². The van der Waals surface area contributed by atoms with E-state index in [9.17, 15) is 8.42 Å². The summed E-state index contributed by atoms with van der Waals surface area (Å²) in [5.41, 5.74) is 0.801. The highest BCUT2D eigenvalue weighted by Gasteiger charge is 2.29. The zero-order valence-corrected chi connectivity index (χ0v) is 16.9. The van der Waals surface area contributed by atoms with E-state index in [1.165, 1.54) is 11.3 Å². The normalized spacial score (nSPS) is 17.0. The van der Waals surface area contributed by atoms with Crippen LogP contribution in [0.15, 0.2) is 53.5 Å². The molecule has 0 N–H and O–H groups in total. The van der Waals surface area contributed by atoms with Gasteiger partial charge in [0.15, 0.2) is 5.76 Å². The van der Waals surface area contributed by atoms with Gasteiger partial charge in [-0.1, -0.05) is 5.16 Å². The second kappa shape index (κ2) is 7.28. The van der Waals surface area contributed by atoms with Gasteiger partial charge in [-0.3, -0.25) is 4.90 Å². The first-order chi connectivity index (χ1) is 12.5. The molecule has 3 aromatic heterocycles. The molecule has 0 saturated carbocycles. The number of nitrogens with zero attached hydrogens (tertiary/aromatic N) is 3. The van der Waals surface area contributed by atoms with Gasteiger partial charge in [-0.25, -0.2) is 8.42 Å². The molecule has 1 aliphatic rings. The van der Waals surface area contributed by atoms with Crippen molar-refractivity contribution < 1.29 is 17.4 Å². The zero-order valence-electron chi connectivity index (χ0n) is 13.7. The lowest BCUT2D eigenvalue weighted by atomic mass is 10.3. The molecule has 0 spiro atoms. The fourth-order valence-corrected chi connectivity index (χ4v) is 6.43. The van der Waals surface area contributed by atoms with Gasteiger partial charge in [0, 0.05) is 38.8 Å². The molecule has 0 aliphatic carbocycles. The maximum absolute atomic E-state index is 12.7. The second-order valence-corrected chi connectivity index (χ2v) is 10.5. The van der Waals surface area contributed by atoms with Gasteiger partial charge in [0.25, 0.3) is 10.0 Å². The van der Waals surface area contributed by atoms with Crippen molar-refractivity contribution in [1.29, 1.82) is 0 Å². The molecule has 26 heavy (non-hydrogen) atoms. The SMILES string of the molecule is O=S(=O)(c1ccc(Br)s1)N1CCN(Cc2cc(-c3ccco3)on2)CC1. The summed E-state index contributed by atoms with van der Waals surface area (Å²) in [4.78, 5) is 2.17. The summed E-state index contributed by atoms with van der Waals surface area (Å²) in [6.07, 6.45) is 1.59. The van der Waals surface area contributed by atoms with E-state index >= 15 is 0 Å². The third kappa shape index (κ3) is 3.65. The number of hydrogen-bond acceptors (Lipinski definition) is 7. The predicted octanol–water partition coefficient (Wildman–Crippen LogP) is 3.27. The van der Waals surface area contributed by atoms with Crippen LogP contribution in [0.3, 0.4) is 0 Å². The van der Waals surface area contributed by atoms with Crippen molar-refractivity contribution in [3.8, 4) is 11.5 Å². The summed E-state index contributed by atoms with van der Waals surface area (Å²) in [6, 6.07) is 8.86. The standard InChI is InChI=1S/C16H16BrN3O4S2/c17-15-3-4-16(25-15)26(21,22)20-7-5-19(6-8-20)11-12-10-14(24-18-12)13-2-1-9-23-13/h1-4,9-10H,5-8,11H2. The van der Waals surface area contributed by atoms with E-state index in [0.29, 0.717) is 48.5 Å². The first-order valence-corrected chi connectivity index (χ1v) is 11.0. The van der Waals surface area contributed by atoms with Gasteiger partial charge in [-0.05, 0) is 40.2 Å². The van der Waals surface area contributed by atoms with Crippen LogP contribution >= 0.6 is 27.3 Å². The van der Waals surface area contributed by atoms with E-state index in [4.69, 9.17) is 8.94 Å². The minimum absolute atomic E-state index is 0.373. The Hall–Kier alpha value is -1.46. The number of furan rings is 1. The van der Waals surface area contributed by atoms with Gasteiger partial charge in [-0.15, -0.1) is 11.3 Å². The van der Waals surface area contributed by atoms with Gasteiger partial charge in [-0.2, -0.15) is 4.31 Å². The fourth-order valence-electron chi connectivity index (χ4n) is 2.84. The largest absolute Gasteiger partial charge is 0.461 e. The van der Waals surface area contributed by atoms with E-state index in [1.807, 2.05) is 12.1 Å². The predicted molar refractivity (Wildman–Crippen MR) is 100 cm³/mol. The molecule has 1 aliphatic heterocycles. The van der Waals surface area contributed by atoms with Gasteiger partial charge in [0.1, 0.15) is 4.21 Å². The van der Waals surface area contributed by atoms with Crippen LogP contribution in [0.2, 0.25) is 0 Å². The quantitative estimate of drug-likeness (QED) is 0.584. The minimum atomic E-state index is -3.41. The Morgan fingerprint density at radius 2 is 1.96 bits per heavy atom. The van der Waals surface area contributed by atoms with Gasteiger partial charge < -0.3 is 8.94 Å².